The number of halogens is 3. The van der Waals surface area contributed by atoms with Gasteiger partial charge in [-0.2, -0.15) is 8.78 Å². The van der Waals surface area contributed by atoms with Crippen LogP contribution >= 0.6 is 34.7 Å². The molecule has 2 heterocycles. The number of ether oxygens (including phenoxy) is 3. The number of thioether (sulfide) groups is 1. The fourth-order valence-electron chi connectivity index (χ4n) is 4.61. The zero-order valence-electron chi connectivity index (χ0n) is 22.1. The molecule has 3 atom stereocenters. The number of nitrogens with zero attached hydrogens (tertiary/aromatic N) is 2. The van der Waals surface area contributed by atoms with Crippen molar-refractivity contribution < 1.29 is 32.4 Å². The Labute approximate surface area is 244 Å². The third-order valence-electron chi connectivity index (χ3n) is 6.52. The van der Waals surface area contributed by atoms with E-state index in [-0.39, 0.29) is 12.4 Å². The fourth-order valence-corrected chi connectivity index (χ4v) is 7.43. The molecule has 214 valence electrons. The Hall–Kier alpha value is -2.93. The van der Waals surface area contributed by atoms with Gasteiger partial charge in [0, 0.05) is 33.6 Å². The molecule has 1 aromatic heterocycles. The molecule has 0 bridgehead atoms. The lowest BCUT2D eigenvalue weighted by Crippen LogP contribution is -2.47. The molecule has 0 saturated carbocycles. The normalized spacial score (nSPS) is 20.1. The first-order valence-electron chi connectivity index (χ1n) is 12.3. The summed E-state index contributed by atoms with van der Waals surface area (Å²) >= 11 is 9.36. The van der Waals surface area contributed by atoms with E-state index in [1.54, 1.807) is 44.7 Å². The first-order chi connectivity index (χ1) is 19.2. The number of hydrogen-bond acceptors (Lipinski definition) is 8. The number of para-hydroxylation sites is 1. The van der Waals surface area contributed by atoms with Crippen LogP contribution in [0.5, 0.6) is 11.5 Å². The monoisotopic (exact) mass is 611 g/mol. The zero-order valence-corrected chi connectivity index (χ0v) is 24.5. The maximum Gasteiger partial charge on any atom is 0.336 e. The maximum atomic E-state index is 14.1. The summed E-state index contributed by atoms with van der Waals surface area (Å²) < 4.78 is 45.5. The van der Waals surface area contributed by atoms with Gasteiger partial charge in [-0.1, -0.05) is 23.7 Å². The largest absolute Gasteiger partial charge is 0.493 e. The molecule has 40 heavy (non-hydrogen) atoms. The lowest BCUT2D eigenvalue weighted by molar-refractivity contribution is -0.488. The van der Waals surface area contributed by atoms with Crippen LogP contribution in [0.15, 0.2) is 42.6 Å². The predicted molar refractivity (Wildman–Crippen MR) is 153 cm³/mol. The Morgan fingerprint density at radius 3 is 2.62 bits per heavy atom. The van der Waals surface area contributed by atoms with Gasteiger partial charge in [0.1, 0.15) is 5.69 Å². The highest BCUT2D eigenvalue weighted by atomic mass is 35.5. The topological polar surface area (TPSA) is 113 Å². The van der Waals surface area contributed by atoms with Crippen LogP contribution in [-0.2, 0) is 22.4 Å². The number of aromatic nitrogens is 1. The number of esters is 1. The minimum Gasteiger partial charge on any atom is -0.493 e. The quantitative estimate of drug-likeness (QED) is 0.199. The van der Waals surface area contributed by atoms with E-state index >= 15 is 0 Å². The lowest BCUT2D eigenvalue weighted by Gasteiger charge is -2.24. The second-order valence-corrected chi connectivity index (χ2v) is 11.9. The van der Waals surface area contributed by atoms with Crippen molar-refractivity contribution in [1.82, 2.24) is 4.98 Å². The minimum atomic E-state index is -2.94. The number of thiazole rings is 1. The summed E-state index contributed by atoms with van der Waals surface area (Å²) in [5.41, 5.74) is 14.6. The smallest absolute Gasteiger partial charge is 0.336 e. The van der Waals surface area contributed by atoms with E-state index in [4.69, 9.17) is 37.3 Å². The van der Waals surface area contributed by atoms with E-state index in [1.807, 2.05) is 12.1 Å². The highest BCUT2D eigenvalue weighted by Gasteiger charge is 2.41. The summed E-state index contributed by atoms with van der Waals surface area (Å²) in [6, 6.07) is 10.5. The van der Waals surface area contributed by atoms with Gasteiger partial charge in [-0.25, -0.2) is 9.56 Å². The van der Waals surface area contributed by atoms with Gasteiger partial charge < -0.3 is 14.2 Å². The Balaban J connectivity index is 1.84. The number of fused-ring (bicyclic) bond motifs is 1. The number of amidine groups is 1. The maximum absolute atomic E-state index is 14.1. The van der Waals surface area contributed by atoms with E-state index in [9.17, 15) is 13.6 Å². The third kappa shape index (κ3) is 6.35. The SMILES string of the molecule is COC(=O)CCc1cnc(C[C@H]2S[C@H](c3cccc(OC)c3OC)c3cc(Cl)ccc3/[N+](=C(/N)C(F)F)C2N)s1. The number of carbonyl (C=O) groups is 1. The summed E-state index contributed by atoms with van der Waals surface area (Å²) in [4.78, 5) is 17.0. The number of rotatable bonds is 9. The number of nitrogens with two attached hydrogens (primary N) is 2. The van der Waals surface area contributed by atoms with Gasteiger partial charge in [-0.3, -0.25) is 16.3 Å². The molecular formula is C27H30ClF2N4O4S2+. The second-order valence-electron chi connectivity index (χ2n) is 8.93. The molecule has 0 saturated heterocycles. The number of alkyl halides is 2. The summed E-state index contributed by atoms with van der Waals surface area (Å²) in [6.07, 6.45) is -1.07. The number of carbonyl (C=O) groups excluding carboxylic acids is 1. The van der Waals surface area contributed by atoms with Crippen LogP contribution in [0.3, 0.4) is 0 Å². The van der Waals surface area contributed by atoms with Crippen LogP contribution in [-0.4, -0.2) is 60.5 Å². The van der Waals surface area contributed by atoms with Crippen molar-refractivity contribution in [2.75, 3.05) is 21.3 Å². The molecule has 8 nitrogen and oxygen atoms in total. The van der Waals surface area contributed by atoms with Crippen molar-refractivity contribution in [3.05, 3.63) is 68.6 Å². The van der Waals surface area contributed by atoms with Crippen molar-refractivity contribution in [2.24, 2.45) is 11.5 Å². The summed E-state index contributed by atoms with van der Waals surface area (Å²) in [6.45, 7) is 0. The van der Waals surface area contributed by atoms with Crippen LogP contribution < -0.4 is 20.9 Å². The van der Waals surface area contributed by atoms with Gasteiger partial charge in [0.2, 0.25) is 0 Å². The molecule has 0 radical (unpaired) electrons. The summed E-state index contributed by atoms with van der Waals surface area (Å²) in [5.74, 6) is 0.0774. The number of aryl methyl sites for hydroxylation is 1. The van der Waals surface area contributed by atoms with Crippen molar-refractivity contribution >= 4 is 52.2 Å². The van der Waals surface area contributed by atoms with Crippen LogP contribution in [0.25, 0.3) is 0 Å². The average molecular weight is 612 g/mol. The molecular weight excluding hydrogens is 582 g/mol. The first kappa shape index (κ1) is 30.0. The van der Waals surface area contributed by atoms with Gasteiger partial charge in [0.15, 0.2) is 17.7 Å². The molecule has 13 heteroatoms. The molecule has 3 aromatic rings. The molecule has 1 aliphatic heterocycles. The number of methoxy groups -OCH3 is 3. The Bertz CT molecular complexity index is 1400. The average Bonchev–Trinajstić information content (AvgIpc) is 3.36. The van der Waals surface area contributed by atoms with Crippen molar-refractivity contribution in [2.45, 2.75) is 42.4 Å². The van der Waals surface area contributed by atoms with E-state index < -0.39 is 28.9 Å². The van der Waals surface area contributed by atoms with E-state index in [0.29, 0.717) is 40.6 Å². The second kappa shape index (κ2) is 13.2. The molecule has 0 fully saturated rings. The van der Waals surface area contributed by atoms with Gasteiger partial charge >= 0.3 is 18.2 Å². The molecule has 4 N–H and O–H groups in total. The molecule has 1 aliphatic rings. The van der Waals surface area contributed by atoms with E-state index in [1.165, 1.54) is 34.8 Å². The summed E-state index contributed by atoms with van der Waals surface area (Å²) in [7, 11) is 4.44. The van der Waals surface area contributed by atoms with Crippen molar-refractivity contribution in [1.29, 1.82) is 0 Å². The Morgan fingerprint density at radius 2 is 1.95 bits per heavy atom. The number of hydrogen-bond donors (Lipinski definition) is 2. The molecule has 0 amide bonds. The first-order valence-corrected chi connectivity index (χ1v) is 14.4. The molecule has 1 unspecified atom stereocenters. The van der Waals surface area contributed by atoms with E-state index in [0.717, 1.165) is 15.4 Å². The van der Waals surface area contributed by atoms with Gasteiger partial charge in [0.25, 0.3) is 0 Å². The number of benzene rings is 2. The van der Waals surface area contributed by atoms with Crippen LogP contribution in [0.2, 0.25) is 5.02 Å². The van der Waals surface area contributed by atoms with Crippen molar-refractivity contribution in [3.63, 3.8) is 0 Å². The predicted octanol–water partition coefficient (Wildman–Crippen LogP) is 4.92. The van der Waals surface area contributed by atoms with Crippen LogP contribution in [0.1, 0.15) is 32.7 Å². The Kier molecular flexibility index (Phi) is 9.88. The summed E-state index contributed by atoms with van der Waals surface area (Å²) in [5, 5.41) is 0.320. The van der Waals surface area contributed by atoms with Crippen LogP contribution in [0, 0.1) is 0 Å². The standard InChI is InChI=1S/C27H29ClF2N4O4S2/c1-36-19-6-4-5-16(23(19)38-3)24-17-11-14(28)7-9-18(17)34(27(32)25(29)30)26(31)20(40-24)12-21-33-13-15(39-21)8-10-22(35)37-2/h4-7,9,11,13,20,24-26,32H,8,10,12,31H2,1-3H3/p+1/t20-,24-,26?/m1/s1. The van der Waals surface area contributed by atoms with Crippen molar-refractivity contribution in [3.8, 4) is 11.5 Å². The van der Waals surface area contributed by atoms with Gasteiger partial charge in [0.05, 0.1) is 43.3 Å². The fraction of sp³-hybridized carbons (Fsp3) is 0.370. The molecule has 0 aliphatic carbocycles. The van der Waals surface area contributed by atoms with Gasteiger partial charge in [-0.05, 0) is 30.7 Å². The molecule has 4 rings (SSSR count). The third-order valence-corrected chi connectivity index (χ3v) is 9.41. The molecule has 2 aromatic carbocycles. The van der Waals surface area contributed by atoms with E-state index in [2.05, 4.69) is 4.98 Å². The molecule has 0 spiro atoms. The Morgan fingerprint density at radius 1 is 1.18 bits per heavy atom. The lowest BCUT2D eigenvalue weighted by atomic mass is 10.0. The highest BCUT2D eigenvalue weighted by molar-refractivity contribution is 8.00. The minimum absolute atomic E-state index is 0.233. The zero-order chi connectivity index (χ0) is 29.0. The van der Waals surface area contributed by atoms with Crippen LogP contribution in [0.4, 0.5) is 14.5 Å². The highest BCUT2D eigenvalue weighted by Crippen LogP contribution is 2.51. The van der Waals surface area contributed by atoms with Gasteiger partial charge in [-0.15, -0.1) is 23.1 Å².